The molecule has 0 aliphatic rings. The Balaban J connectivity index is 2.98. The Hall–Kier alpha value is 0.264. The van der Waals surface area contributed by atoms with Gasteiger partial charge < -0.3 is 0 Å². The fourth-order valence-electron chi connectivity index (χ4n) is 0.202. The maximum atomic E-state index is 2.17. The highest BCUT2D eigenvalue weighted by molar-refractivity contribution is 8.04. The van der Waals surface area contributed by atoms with E-state index in [1.54, 1.807) is 11.8 Å². The molecule has 0 atom stereocenters. The van der Waals surface area contributed by atoms with Crippen LogP contribution in [-0.2, 0) is 0 Å². The molecule has 0 saturated heterocycles. The predicted octanol–water partition coefficient (Wildman–Crippen LogP) is -0.607. The number of hydrogen-bond donors (Lipinski definition) is 0. The fraction of sp³-hybridized carbons (Fsp3) is 0. The maximum Gasteiger partial charge on any atom is 0.0298 e. The molecule has 0 amide bonds. The quantitative estimate of drug-likeness (QED) is 0.469. The van der Waals surface area contributed by atoms with Gasteiger partial charge >= 0.3 is 0 Å². The third-order valence-electron chi connectivity index (χ3n) is 0.429. The second kappa shape index (κ2) is 6.26. The summed E-state index contributed by atoms with van der Waals surface area (Å²) in [6.07, 6.45) is 0. The molecule has 0 nitrogen and oxygen atoms in total. The minimum absolute atomic E-state index is 1.18. The zero-order valence-corrected chi connectivity index (χ0v) is 9.53. The summed E-state index contributed by atoms with van der Waals surface area (Å²) in [6, 6.07) is 0. The van der Waals surface area contributed by atoms with Gasteiger partial charge in [0.05, 0.1) is 0 Å². The van der Waals surface area contributed by atoms with Gasteiger partial charge in [-0.25, -0.2) is 0 Å². The summed E-state index contributed by atoms with van der Waals surface area (Å²) < 4.78 is 0. The first-order valence-corrected chi connectivity index (χ1v) is 5.54. The van der Waals surface area contributed by atoms with Crippen molar-refractivity contribution in [3.8, 4) is 0 Å². The lowest BCUT2D eigenvalue weighted by atomic mass is 11.2. The van der Waals surface area contributed by atoms with Crippen LogP contribution in [0.1, 0.15) is 0 Å². The van der Waals surface area contributed by atoms with Crippen LogP contribution in [-0.4, -0.2) is 20.5 Å². The lowest BCUT2D eigenvalue weighted by molar-refractivity contribution is 2.46. The highest BCUT2D eigenvalue weighted by Crippen LogP contribution is 2.00. The van der Waals surface area contributed by atoms with E-state index in [0.717, 1.165) is 0 Å². The molecule has 3 heteroatoms. The molecule has 0 aromatic carbocycles. The summed E-state index contributed by atoms with van der Waals surface area (Å²) in [5.74, 6) is 0. The van der Waals surface area contributed by atoms with Crippen molar-refractivity contribution < 1.29 is 0 Å². The van der Waals surface area contributed by atoms with Gasteiger partial charge in [-0.1, -0.05) is 11.4 Å². The molecule has 0 rings (SSSR count). The Bertz CT molecular complexity index is 67.8. The van der Waals surface area contributed by atoms with Crippen LogP contribution in [0.5, 0.6) is 0 Å². The second-order valence-electron chi connectivity index (χ2n) is 1.07. The molecule has 0 fully saturated rings. The smallest absolute Gasteiger partial charge is 0.0298 e. The first-order valence-electron chi connectivity index (χ1n) is 2.29. The molecule has 0 aliphatic carbocycles. The molecule has 0 aromatic heterocycles. The van der Waals surface area contributed by atoms with E-state index in [0.29, 0.717) is 0 Å². The number of hydrogen-bond acceptors (Lipinski definition) is 1. The Kier molecular flexibility index (Phi) is 6.50. The van der Waals surface area contributed by atoms with Crippen LogP contribution < -0.4 is 0 Å². The largest absolute Gasteiger partial charge is 0.108 e. The van der Waals surface area contributed by atoms with Crippen LogP contribution in [0.4, 0.5) is 0 Å². The van der Waals surface area contributed by atoms with Crippen LogP contribution in [0.15, 0.2) is 22.2 Å². The molecule has 0 unspecified atom stereocenters. The minimum Gasteiger partial charge on any atom is -0.108 e. The van der Waals surface area contributed by atoms with Gasteiger partial charge in [-0.2, -0.15) is 0 Å². The Morgan fingerprint density at radius 1 is 1.00 bits per heavy atom. The van der Waals surface area contributed by atoms with Gasteiger partial charge in [-0.05, 0) is 10.8 Å². The van der Waals surface area contributed by atoms with Crippen molar-refractivity contribution in [2.45, 2.75) is 0 Å². The van der Waals surface area contributed by atoms with Gasteiger partial charge in [0.2, 0.25) is 0 Å². The standard InChI is InChI=1S/C4H10SSi2/c6-3-1-5-2-4-7/h1-4H,6-7H3. The van der Waals surface area contributed by atoms with Crippen molar-refractivity contribution in [3.05, 3.63) is 22.2 Å². The van der Waals surface area contributed by atoms with Crippen molar-refractivity contribution in [3.63, 3.8) is 0 Å². The van der Waals surface area contributed by atoms with E-state index in [-0.39, 0.29) is 0 Å². The fourth-order valence-corrected chi connectivity index (χ4v) is 1.55. The number of thioether (sulfide) groups is 1. The summed E-state index contributed by atoms with van der Waals surface area (Å²) in [5.41, 5.74) is 4.35. The molecular weight excluding hydrogens is 136 g/mol. The van der Waals surface area contributed by atoms with E-state index in [9.17, 15) is 0 Å². The molecule has 0 aromatic rings. The van der Waals surface area contributed by atoms with Crippen molar-refractivity contribution in [1.29, 1.82) is 0 Å². The summed E-state index contributed by atoms with van der Waals surface area (Å²) in [4.78, 5) is 0. The molecule has 0 saturated carbocycles. The van der Waals surface area contributed by atoms with Gasteiger partial charge in [0, 0.05) is 20.5 Å². The monoisotopic (exact) mass is 146 g/mol. The van der Waals surface area contributed by atoms with E-state index in [1.807, 2.05) is 0 Å². The van der Waals surface area contributed by atoms with Gasteiger partial charge in [0.1, 0.15) is 0 Å². The molecule has 0 bridgehead atoms. The Morgan fingerprint density at radius 2 is 1.43 bits per heavy atom. The third-order valence-corrected chi connectivity index (χ3v) is 2.92. The molecule has 0 heterocycles. The molecular formula is C4H10SSi2. The topological polar surface area (TPSA) is 0 Å². The number of rotatable bonds is 2. The normalized spacial score (nSPS) is 12.6. The lowest BCUT2D eigenvalue weighted by Gasteiger charge is -1.73. The van der Waals surface area contributed by atoms with E-state index >= 15 is 0 Å². The van der Waals surface area contributed by atoms with Crippen LogP contribution in [0.3, 0.4) is 0 Å². The van der Waals surface area contributed by atoms with Gasteiger partial charge in [0.25, 0.3) is 0 Å². The molecule has 40 valence electrons. The molecule has 0 N–H and O–H groups in total. The van der Waals surface area contributed by atoms with Crippen molar-refractivity contribution >= 4 is 32.2 Å². The van der Waals surface area contributed by atoms with Crippen molar-refractivity contribution in [2.75, 3.05) is 0 Å². The van der Waals surface area contributed by atoms with Crippen LogP contribution in [0, 0.1) is 0 Å². The third kappa shape index (κ3) is 6.26. The Morgan fingerprint density at radius 3 is 1.71 bits per heavy atom. The van der Waals surface area contributed by atoms with Crippen LogP contribution >= 0.6 is 11.8 Å². The maximum absolute atomic E-state index is 2.17. The molecule has 0 spiro atoms. The van der Waals surface area contributed by atoms with E-state index in [4.69, 9.17) is 0 Å². The first-order chi connectivity index (χ1) is 3.41. The Labute approximate surface area is 54.9 Å². The second-order valence-corrected chi connectivity index (χ2v) is 3.22. The first kappa shape index (κ1) is 7.26. The SMILES string of the molecule is [SiH3]C=CSC=C[SiH3]. The highest BCUT2D eigenvalue weighted by atomic mass is 32.2. The molecule has 0 radical (unpaired) electrons. The van der Waals surface area contributed by atoms with E-state index in [1.165, 1.54) is 20.5 Å². The average molecular weight is 146 g/mol. The predicted molar refractivity (Wildman–Crippen MR) is 45.7 cm³/mol. The molecule has 0 aliphatic heterocycles. The van der Waals surface area contributed by atoms with Crippen molar-refractivity contribution in [1.82, 2.24) is 0 Å². The zero-order valence-electron chi connectivity index (χ0n) is 4.72. The van der Waals surface area contributed by atoms with Crippen molar-refractivity contribution in [2.24, 2.45) is 0 Å². The summed E-state index contributed by atoms with van der Waals surface area (Å²) in [7, 11) is 2.36. The van der Waals surface area contributed by atoms with Gasteiger partial charge in [0.15, 0.2) is 0 Å². The average Bonchev–Trinajstić information content (AvgIpc) is 1.69. The molecule has 7 heavy (non-hydrogen) atoms. The van der Waals surface area contributed by atoms with Crippen LogP contribution in [0.2, 0.25) is 0 Å². The lowest BCUT2D eigenvalue weighted by Crippen LogP contribution is -1.48. The summed E-state index contributed by atoms with van der Waals surface area (Å²) in [6.45, 7) is 0. The van der Waals surface area contributed by atoms with E-state index in [2.05, 4.69) is 22.2 Å². The van der Waals surface area contributed by atoms with Crippen LogP contribution in [0.25, 0.3) is 0 Å². The highest BCUT2D eigenvalue weighted by Gasteiger charge is 1.61. The minimum atomic E-state index is 1.18. The summed E-state index contributed by atoms with van der Waals surface area (Å²) in [5, 5.41) is 4.25. The van der Waals surface area contributed by atoms with Gasteiger partial charge in [-0.15, -0.1) is 11.8 Å². The van der Waals surface area contributed by atoms with Gasteiger partial charge in [-0.3, -0.25) is 0 Å². The van der Waals surface area contributed by atoms with E-state index < -0.39 is 0 Å². The summed E-state index contributed by atoms with van der Waals surface area (Å²) >= 11 is 1.76. The zero-order chi connectivity index (χ0) is 5.54.